The average molecular weight is 233 g/mol. The maximum atomic E-state index is 12.0. The molecule has 4 heteroatoms. The van der Waals surface area contributed by atoms with Crippen LogP contribution in [0, 0.1) is 5.92 Å². The fraction of sp³-hybridized carbons (Fsp3) is 0.538. The zero-order chi connectivity index (χ0) is 12.1. The van der Waals surface area contributed by atoms with E-state index >= 15 is 0 Å². The second-order valence-corrected chi connectivity index (χ2v) is 4.54. The van der Waals surface area contributed by atoms with Crippen LogP contribution in [0.5, 0.6) is 0 Å². The van der Waals surface area contributed by atoms with E-state index in [1.165, 1.54) is 0 Å². The topological polar surface area (TPSA) is 54.0 Å². The Bertz CT molecular complexity index is 360. The van der Waals surface area contributed by atoms with Crippen molar-refractivity contribution in [1.29, 1.82) is 0 Å². The molecule has 0 saturated carbocycles. The molecule has 4 nitrogen and oxygen atoms in total. The summed E-state index contributed by atoms with van der Waals surface area (Å²) >= 11 is 0. The summed E-state index contributed by atoms with van der Waals surface area (Å²) < 4.78 is 0. The minimum Gasteiger partial charge on any atom is -0.349 e. The van der Waals surface area contributed by atoms with Crippen molar-refractivity contribution in [2.24, 2.45) is 5.92 Å². The Morgan fingerprint density at radius 1 is 1.41 bits per heavy atom. The van der Waals surface area contributed by atoms with Crippen LogP contribution in [0.15, 0.2) is 24.5 Å². The van der Waals surface area contributed by atoms with Crippen LogP contribution in [-0.2, 0) is 4.79 Å². The number of pyridine rings is 1. The lowest BCUT2D eigenvalue weighted by Crippen LogP contribution is -2.39. The monoisotopic (exact) mass is 233 g/mol. The van der Waals surface area contributed by atoms with Gasteiger partial charge < -0.3 is 10.6 Å². The Balaban J connectivity index is 1.89. The van der Waals surface area contributed by atoms with Crippen molar-refractivity contribution in [3.8, 4) is 0 Å². The Labute approximate surface area is 102 Å². The van der Waals surface area contributed by atoms with Gasteiger partial charge in [-0.3, -0.25) is 9.78 Å². The number of hydrogen-bond acceptors (Lipinski definition) is 3. The van der Waals surface area contributed by atoms with Crippen molar-refractivity contribution < 1.29 is 4.79 Å². The number of nitrogens with one attached hydrogen (secondary N) is 2. The van der Waals surface area contributed by atoms with Crippen LogP contribution < -0.4 is 10.6 Å². The van der Waals surface area contributed by atoms with Gasteiger partial charge in [0, 0.05) is 18.3 Å². The number of piperidine rings is 1. The summed E-state index contributed by atoms with van der Waals surface area (Å²) in [5.74, 6) is 0.344. The molecule has 2 N–H and O–H groups in total. The number of amides is 1. The van der Waals surface area contributed by atoms with E-state index in [0.29, 0.717) is 0 Å². The van der Waals surface area contributed by atoms with Crippen LogP contribution in [0.1, 0.15) is 31.4 Å². The SMILES string of the molecule is CC(NC(=O)C1CCNCC1)c1ccncc1. The Kier molecular flexibility index (Phi) is 4.09. The van der Waals surface area contributed by atoms with Crippen LogP contribution in [0.3, 0.4) is 0 Å². The van der Waals surface area contributed by atoms with Crippen LogP contribution in [0.2, 0.25) is 0 Å². The number of rotatable bonds is 3. The van der Waals surface area contributed by atoms with E-state index in [1.807, 2.05) is 19.1 Å². The van der Waals surface area contributed by atoms with Gasteiger partial charge in [-0.2, -0.15) is 0 Å². The highest BCUT2D eigenvalue weighted by Gasteiger charge is 2.22. The lowest BCUT2D eigenvalue weighted by molar-refractivity contribution is -0.126. The van der Waals surface area contributed by atoms with Crippen molar-refractivity contribution in [2.45, 2.75) is 25.8 Å². The van der Waals surface area contributed by atoms with Crippen molar-refractivity contribution in [2.75, 3.05) is 13.1 Å². The van der Waals surface area contributed by atoms with E-state index in [2.05, 4.69) is 15.6 Å². The highest BCUT2D eigenvalue weighted by molar-refractivity contribution is 5.79. The van der Waals surface area contributed by atoms with Gasteiger partial charge in [-0.1, -0.05) is 0 Å². The molecule has 1 fully saturated rings. The van der Waals surface area contributed by atoms with E-state index < -0.39 is 0 Å². The minimum absolute atomic E-state index is 0.0559. The highest BCUT2D eigenvalue weighted by atomic mass is 16.1. The fourth-order valence-corrected chi connectivity index (χ4v) is 2.15. The predicted octanol–water partition coefficient (Wildman–Crippen LogP) is 1.26. The average Bonchev–Trinajstić information content (AvgIpc) is 2.40. The molecule has 17 heavy (non-hydrogen) atoms. The number of aromatic nitrogens is 1. The molecule has 1 amide bonds. The van der Waals surface area contributed by atoms with Gasteiger partial charge >= 0.3 is 0 Å². The first-order chi connectivity index (χ1) is 8.27. The number of hydrogen-bond donors (Lipinski definition) is 2. The summed E-state index contributed by atoms with van der Waals surface area (Å²) in [6.45, 7) is 3.90. The summed E-state index contributed by atoms with van der Waals surface area (Å²) in [5.41, 5.74) is 1.10. The summed E-state index contributed by atoms with van der Waals surface area (Å²) in [4.78, 5) is 16.0. The molecule has 1 saturated heterocycles. The standard InChI is InChI=1S/C13H19N3O/c1-10(11-2-6-14-7-3-11)16-13(17)12-4-8-15-9-5-12/h2-3,6-7,10,12,15H,4-5,8-9H2,1H3,(H,16,17). The van der Waals surface area contributed by atoms with E-state index in [-0.39, 0.29) is 17.9 Å². The smallest absolute Gasteiger partial charge is 0.223 e. The van der Waals surface area contributed by atoms with Crippen molar-refractivity contribution in [1.82, 2.24) is 15.6 Å². The Morgan fingerprint density at radius 2 is 2.06 bits per heavy atom. The van der Waals surface area contributed by atoms with Gasteiger partial charge in [0.05, 0.1) is 6.04 Å². The van der Waals surface area contributed by atoms with E-state index in [0.717, 1.165) is 31.5 Å². The van der Waals surface area contributed by atoms with Gasteiger partial charge in [-0.15, -0.1) is 0 Å². The Hall–Kier alpha value is -1.42. The molecule has 1 atom stereocenters. The molecule has 2 rings (SSSR count). The van der Waals surface area contributed by atoms with Gasteiger partial charge in [0.1, 0.15) is 0 Å². The first kappa shape index (κ1) is 12.0. The molecule has 1 unspecified atom stereocenters. The number of carbonyl (C=O) groups is 1. The zero-order valence-electron chi connectivity index (χ0n) is 10.1. The van der Waals surface area contributed by atoms with Crippen LogP contribution in [0.25, 0.3) is 0 Å². The maximum absolute atomic E-state index is 12.0. The van der Waals surface area contributed by atoms with Crippen LogP contribution in [-0.4, -0.2) is 24.0 Å². The molecular weight excluding hydrogens is 214 g/mol. The molecule has 0 aromatic carbocycles. The largest absolute Gasteiger partial charge is 0.349 e. The summed E-state index contributed by atoms with van der Waals surface area (Å²) in [6.07, 6.45) is 5.38. The van der Waals surface area contributed by atoms with E-state index in [9.17, 15) is 4.79 Å². The molecule has 1 aromatic heterocycles. The molecule has 1 aliphatic rings. The molecule has 1 aromatic rings. The minimum atomic E-state index is 0.0559. The first-order valence-electron chi connectivity index (χ1n) is 6.18. The van der Waals surface area contributed by atoms with Gasteiger partial charge in [0.15, 0.2) is 0 Å². The Morgan fingerprint density at radius 3 is 2.71 bits per heavy atom. The first-order valence-corrected chi connectivity index (χ1v) is 6.18. The second kappa shape index (κ2) is 5.77. The third-order valence-corrected chi connectivity index (χ3v) is 3.27. The molecule has 0 spiro atoms. The molecular formula is C13H19N3O. The van der Waals surface area contributed by atoms with E-state index in [1.54, 1.807) is 12.4 Å². The molecule has 92 valence electrons. The highest BCUT2D eigenvalue weighted by Crippen LogP contribution is 2.15. The third kappa shape index (κ3) is 3.27. The maximum Gasteiger partial charge on any atom is 0.223 e. The molecule has 0 radical (unpaired) electrons. The van der Waals surface area contributed by atoms with Gasteiger partial charge in [0.25, 0.3) is 0 Å². The lowest BCUT2D eigenvalue weighted by atomic mass is 9.96. The number of nitrogens with zero attached hydrogens (tertiary/aromatic N) is 1. The number of carbonyl (C=O) groups excluding carboxylic acids is 1. The van der Waals surface area contributed by atoms with Crippen molar-refractivity contribution >= 4 is 5.91 Å². The van der Waals surface area contributed by atoms with Crippen LogP contribution >= 0.6 is 0 Å². The van der Waals surface area contributed by atoms with Crippen molar-refractivity contribution in [3.63, 3.8) is 0 Å². The summed E-state index contributed by atoms with van der Waals surface area (Å²) in [5, 5.41) is 6.34. The van der Waals surface area contributed by atoms with Gasteiger partial charge in [-0.05, 0) is 50.6 Å². The van der Waals surface area contributed by atoms with Crippen LogP contribution in [0.4, 0.5) is 0 Å². The quantitative estimate of drug-likeness (QED) is 0.826. The fourth-order valence-electron chi connectivity index (χ4n) is 2.15. The van der Waals surface area contributed by atoms with Gasteiger partial charge in [0.2, 0.25) is 5.91 Å². The zero-order valence-corrected chi connectivity index (χ0v) is 10.1. The second-order valence-electron chi connectivity index (χ2n) is 4.54. The normalized spacial score (nSPS) is 18.6. The third-order valence-electron chi connectivity index (χ3n) is 3.27. The molecule has 2 heterocycles. The molecule has 1 aliphatic heterocycles. The lowest BCUT2D eigenvalue weighted by Gasteiger charge is -2.24. The molecule has 0 aliphatic carbocycles. The summed E-state index contributed by atoms with van der Waals surface area (Å²) in [6, 6.07) is 3.93. The van der Waals surface area contributed by atoms with Crippen molar-refractivity contribution in [3.05, 3.63) is 30.1 Å². The van der Waals surface area contributed by atoms with Gasteiger partial charge in [-0.25, -0.2) is 0 Å². The predicted molar refractivity (Wildman–Crippen MR) is 66.4 cm³/mol. The molecule has 0 bridgehead atoms. The summed E-state index contributed by atoms with van der Waals surface area (Å²) in [7, 11) is 0. The van der Waals surface area contributed by atoms with E-state index in [4.69, 9.17) is 0 Å².